The number of amides is 1. The number of aromatic amines is 1. The first-order chi connectivity index (χ1) is 15.5. The summed E-state index contributed by atoms with van der Waals surface area (Å²) in [6, 6.07) is 22.0. The molecule has 164 valence electrons. The largest absolute Gasteiger partial charge is 0.497 e. The summed E-state index contributed by atoms with van der Waals surface area (Å²) in [5.41, 5.74) is 5.65. The molecule has 5 heteroatoms. The summed E-state index contributed by atoms with van der Waals surface area (Å²) < 4.78 is 11.0. The number of rotatable bonds is 8. The van der Waals surface area contributed by atoms with Crippen molar-refractivity contribution in [3.8, 4) is 11.5 Å². The molecule has 0 bridgehead atoms. The number of carbonyl (C=O) groups excluding carboxylic acids is 1. The van der Waals surface area contributed by atoms with E-state index in [2.05, 4.69) is 29.4 Å². The smallest absolute Gasteiger partial charge is 0.257 e. The molecule has 5 nitrogen and oxygen atoms in total. The van der Waals surface area contributed by atoms with Crippen LogP contribution in [-0.2, 0) is 4.79 Å². The maximum atomic E-state index is 12.6. The summed E-state index contributed by atoms with van der Waals surface area (Å²) in [5.74, 6) is 1.34. The number of methoxy groups -OCH3 is 1. The van der Waals surface area contributed by atoms with Crippen LogP contribution >= 0.6 is 0 Å². The number of H-pyrrole nitrogens is 1. The first kappa shape index (κ1) is 21.5. The zero-order valence-corrected chi connectivity index (χ0v) is 18.6. The number of para-hydroxylation sites is 1. The molecule has 0 saturated heterocycles. The molecular weight excluding hydrogens is 400 g/mol. The van der Waals surface area contributed by atoms with E-state index < -0.39 is 0 Å². The maximum Gasteiger partial charge on any atom is 0.257 e. The fourth-order valence-electron chi connectivity index (χ4n) is 3.85. The van der Waals surface area contributed by atoms with Crippen LogP contribution in [0.1, 0.15) is 28.2 Å². The van der Waals surface area contributed by atoms with Gasteiger partial charge in [0.15, 0.2) is 6.61 Å². The van der Waals surface area contributed by atoms with Crippen LogP contribution in [0.15, 0.2) is 72.9 Å². The molecule has 1 heterocycles. The lowest BCUT2D eigenvalue weighted by molar-refractivity contribution is -0.123. The number of carbonyl (C=O) groups is 1. The number of nitrogens with one attached hydrogen (secondary N) is 2. The number of hydrogen-bond acceptors (Lipinski definition) is 3. The molecule has 0 fully saturated rings. The number of fused-ring (bicyclic) bond motifs is 1. The molecule has 0 saturated carbocycles. The van der Waals surface area contributed by atoms with Crippen molar-refractivity contribution in [3.05, 3.63) is 95.2 Å². The molecule has 4 aromatic rings. The summed E-state index contributed by atoms with van der Waals surface area (Å²) >= 11 is 0. The average molecular weight is 429 g/mol. The minimum absolute atomic E-state index is 0.0115. The molecule has 1 aromatic heterocycles. The fourth-order valence-corrected chi connectivity index (χ4v) is 3.85. The number of aromatic nitrogens is 1. The van der Waals surface area contributed by atoms with Crippen molar-refractivity contribution < 1.29 is 14.3 Å². The van der Waals surface area contributed by atoms with Crippen molar-refractivity contribution in [1.29, 1.82) is 0 Å². The Morgan fingerprint density at radius 1 is 0.969 bits per heavy atom. The Bertz CT molecular complexity index is 1210. The van der Waals surface area contributed by atoms with E-state index in [1.165, 1.54) is 5.56 Å². The van der Waals surface area contributed by atoms with Gasteiger partial charge in [-0.1, -0.05) is 36.4 Å². The number of hydrogen-bond donors (Lipinski definition) is 2. The van der Waals surface area contributed by atoms with Gasteiger partial charge in [-0.3, -0.25) is 4.79 Å². The SMILES string of the molecule is COc1ccc([C@H](CNC(=O)COc2ccc(C)c(C)c2)c2c[nH]c3ccccc23)cc1. The van der Waals surface area contributed by atoms with E-state index in [4.69, 9.17) is 9.47 Å². The molecule has 1 atom stereocenters. The van der Waals surface area contributed by atoms with E-state index in [-0.39, 0.29) is 18.4 Å². The van der Waals surface area contributed by atoms with Gasteiger partial charge >= 0.3 is 0 Å². The molecule has 0 unspecified atom stereocenters. The Hall–Kier alpha value is -3.73. The van der Waals surface area contributed by atoms with E-state index >= 15 is 0 Å². The first-order valence-electron chi connectivity index (χ1n) is 10.7. The lowest BCUT2D eigenvalue weighted by Gasteiger charge is -2.19. The van der Waals surface area contributed by atoms with Crippen LogP contribution in [0.5, 0.6) is 11.5 Å². The molecule has 4 rings (SSSR count). The van der Waals surface area contributed by atoms with Crippen LogP contribution in [-0.4, -0.2) is 31.2 Å². The van der Waals surface area contributed by atoms with Gasteiger partial charge in [0.25, 0.3) is 5.91 Å². The molecule has 0 aliphatic heterocycles. The van der Waals surface area contributed by atoms with Crippen molar-refractivity contribution in [2.24, 2.45) is 0 Å². The molecular formula is C27H28N2O3. The second kappa shape index (κ2) is 9.60. The quantitative estimate of drug-likeness (QED) is 0.409. The topological polar surface area (TPSA) is 63.4 Å². The van der Waals surface area contributed by atoms with Crippen molar-refractivity contribution in [3.63, 3.8) is 0 Å². The summed E-state index contributed by atoms with van der Waals surface area (Å²) in [6.45, 7) is 4.52. The molecule has 0 aliphatic carbocycles. The fraction of sp³-hybridized carbons (Fsp3) is 0.222. The lowest BCUT2D eigenvalue weighted by Crippen LogP contribution is -2.32. The van der Waals surface area contributed by atoms with Crippen molar-refractivity contribution in [2.45, 2.75) is 19.8 Å². The van der Waals surface area contributed by atoms with Crippen LogP contribution in [0, 0.1) is 13.8 Å². The normalized spacial score (nSPS) is 11.8. The van der Waals surface area contributed by atoms with Crippen LogP contribution in [0.25, 0.3) is 10.9 Å². The zero-order chi connectivity index (χ0) is 22.5. The van der Waals surface area contributed by atoms with Gasteiger partial charge in [-0.25, -0.2) is 0 Å². The number of benzene rings is 3. The Labute approximate surface area is 188 Å². The highest BCUT2D eigenvalue weighted by Crippen LogP contribution is 2.31. The molecule has 0 radical (unpaired) electrons. The predicted molar refractivity (Wildman–Crippen MR) is 128 cm³/mol. The number of aryl methyl sites for hydroxylation is 2. The van der Waals surface area contributed by atoms with Crippen LogP contribution in [0.4, 0.5) is 0 Å². The third kappa shape index (κ3) is 4.78. The molecule has 0 aliphatic rings. The van der Waals surface area contributed by atoms with Gasteiger partial charge in [0.05, 0.1) is 7.11 Å². The highest BCUT2D eigenvalue weighted by Gasteiger charge is 2.19. The molecule has 1 amide bonds. The van der Waals surface area contributed by atoms with E-state index in [0.29, 0.717) is 12.3 Å². The summed E-state index contributed by atoms with van der Waals surface area (Å²) in [5, 5.41) is 4.20. The van der Waals surface area contributed by atoms with E-state index in [1.807, 2.05) is 67.7 Å². The molecule has 0 spiro atoms. The van der Waals surface area contributed by atoms with Crippen LogP contribution < -0.4 is 14.8 Å². The molecule has 32 heavy (non-hydrogen) atoms. The van der Waals surface area contributed by atoms with E-state index in [1.54, 1.807) is 7.11 Å². The Morgan fingerprint density at radius 2 is 1.72 bits per heavy atom. The summed E-state index contributed by atoms with van der Waals surface area (Å²) in [6.07, 6.45) is 2.03. The third-order valence-corrected chi connectivity index (χ3v) is 5.87. The Balaban J connectivity index is 1.50. The average Bonchev–Trinajstić information content (AvgIpc) is 3.24. The minimum Gasteiger partial charge on any atom is -0.497 e. The summed E-state index contributed by atoms with van der Waals surface area (Å²) in [4.78, 5) is 15.9. The number of ether oxygens (including phenoxy) is 2. The van der Waals surface area contributed by atoms with Crippen LogP contribution in [0.2, 0.25) is 0 Å². The Kier molecular flexibility index (Phi) is 6.45. The second-order valence-corrected chi connectivity index (χ2v) is 7.95. The van der Waals surface area contributed by atoms with Gasteiger partial charge in [-0.15, -0.1) is 0 Å². The highest BCUT2D eigenvalue weighted by atomic mass is 16.5. The third-order valence-electron chi connectivity index (χ3n) is 5.87. The van der Waals surface area contributed by atoms with Gasteiger partial charge in [-0.05, 0) is 66.4 Å². The van der Waals surface area contributed by atoms with Crippen molar-refractivity contribution in [1.82, 2.24) is 10.3 Å². The van der Waals surface area contributed by atoms with Gasteiger partial charge < -0.3 is 19.8 Å². The van der Waals surface area contributed by atoms with Gasteiger partial charge in [-0.2, -0.15) is 0 Å². The standard InChI is InChI=1S/C27H28N2O3/c1-18-8-11-22(14-19(18)2)32-17-27(30)29-15-24(20-9-12-21(31-3)13-10-20)25-16-28-26-7-5-4-6-23(25)26/h4-14,16,24,28H,15,17H2,1-3H3,(H,29,30)/t24-/m0/s1. The minimum atomic E-state index is -0.151. The maximum absolute atomic E-state index is 12.6. The first-order valence-corrected chi connectivity index (χ1v) is 10.7. The van der Waals surface area contributed by atoms with Gasteiger partial charge in [0.2, 0.25) is 0 Å². The molecule has 2 N–H and O–H groups in total. The zero-order valence-electron chi connectivity index (χ0n) is 18.6. The van der Waals surface area contributed by atoms with Gasteiger partial charge in [0, 0.05) is 29.6 Å². The Morgan fingerprint density at radius 3 is 2.47 bits per heavy atom. The van der Waals surface area contributed by atoms with Crippen molar-refractivity contribution in [2.75, 3.05) is 20.3 Å². The highest BCUT2D eigenvalue weighted by molar-refractivity contribution is 5.84. The molecule has 3 aromatic carbocycles. The predicted octanol–water partition coefficient (Wildman–Crippen LogP) is 5.12. The summed E-state index contributed by atoms with van der Waals surface area (Å²) in [7, 11) is 1.65. The van der Waals surface area contributed by atoms with E-state index in [9.17, 15) is 4.79 Å². The monoisotopic (exact) mass is 428 g/mol. The lowest BCUT2D eigenvalue weighted by atomic mass is 9.91. The van der Waals surface area contributed by atoms with Gasteiger partial charge in [0.1, 0.15) is 11.5 Å². The van der Waals surface area contributed by atoms with Crippen LogP contribution in [0.3, 0.4) is 0 Å². The second-order valence-electron chi connectivity index (χ2n) is 7.95. The van der Waals surface area contributed by atoms with E-state index in [0.717, 1.165) is 33.3 Å². The van der Waals surface area contributed by atoms with Crippen molar-refractivity contribution >= 4 is 16.8 Å².